The van der Waals surface area contributed by atoms with Gasteiger partial charge in [0.25, 0.3) is 0 Å². The normalized spacial score (nSPS) is 11.2. The van der Waals surface area contributed by atoms with Crippen LogP contribution >= 0.6 is 0 Å². The molecule has 0 saturated heterocycles. The Bertz CT molecular complexity index is 1170. The van der Waals surface area contributed by atoms with Gasteiger partial charge in [-0.05, 0) is 60.4 Å². The van der Waals surface area contributed by atoms with Gasteiger partial charge in [0, 0.05) is 12.8 Å². The molecule has 0 atom stereocenters. The molecule has 0 aromatic heterocycles. The van der Waals surface area contributed by atoms with E-state index in [1.807, 2.05) is 0 Å². The first-order valence-electron chi connectivity index (χ1n) is 17.1. The van der Waals surface area contributed by atoms with Crippen LogP contribution in [0.2, 0.25) is 0 Å². The molecule has 0 unspecified atom stereocenters. The molecule has 2 aromatic carbocycles. The summed E-state index contributed by atoms with van der Waals surface area (Å²) in [7, 11) is 3.03. The summed E-state index contributed by atoms with van der Waals surface area (Å²) in [5, 5.41) is 0. The van der Waals surface area contributed by atoms with Crippen LogP contribution < -0.4 is 18.9 Å². The summed E-state index contributed by atoms with van der Waals surface area (Å²) in [4.78, 5) is 37.2. The van der Waals surface area contributed by atoms with E-state index in [0.717, 1.165) is 49.7 Å². The van der Waals surface area contributed by atoms with Crippen molar-refractivity contribution in [2.75, 3.05) is 14.2 Å². The minimum Gasteiger partial charge on any atom is -0.493 e. The van der Waals surface area contributed by atoms with E-state index in [-0.39, 0.29) is 17.7 Å². The van der Waals surface area contributed by atoms with Crippen LogP contribution in [-0.2, 0) is 14.4 Å². The molecule has 0 radical (unpaired) electrons. The average molecular weight is 635 g/mol. The first-order valence-corrected chi connectivity index (χ1v) is 17.1. The van der Waals surface area contributed by atoms with Crippen molar-refractivity contribution in [3.8, 4) is 23.0 Å². The lowest BCUT2D eigenvalue weighted by molar-refractivity contribution is -0.135. The summed E-state index contributed by atoms with van der Waals surface area (Å²) < 4.78 is 21.9. The van der Waals surface area contributed by atoms with Crippen molar-refractivity contribution in [1.82, 2.24) is 0 Å². The van der Waals surface area contributed by atoms with Crippen LogP contribution in [0.3, 0.4) is 0 Å². The predicted octanol–water partition coefficient (Wildman–Crippen LogP) is 10.1. The van der Waals surface area contributed by atoms with Crippen LogP contribution in [0.15, 0.2) is 48.6 Å². The van der Waals surface area contributed by atoms with Gasteiger partial charge in [0.15, 0.2) is 28.8 Å². The van der Waals surface area contributed by atoms with E-state index in [4.69, 9.17) is 18.9 Å². The van der Waals surface area contributed by atoms with Crippen molar-refractivity contribution in [2.45, 2.75) is 117 Å². The van der Waals surface area contributed by atoms with Crippen LogP contribution in [0.4, 0.5) is 0 Å². The van der Waals surface area contributed by atoms with Crippen LogP contribution in [0.25, 0.3) is 12.2 Å². The van der Waals surface area contributed by atoms with E-state index in [2.05, 4.69) is 13.8 Å². The number of hydrogen-bond acceptors (Lipinski definition) is 7. The number of ether oxygens (including phenoxy) is 4. The second-order valence-corrected chi connectivity index (χ2v) is 11.6. The zero-order valence-electron chi connectivity index (χ0n) is 28.4. The van der Waals surface area contributed by atoms with Crippen molar-refractivity contribution >= 4 is 29.9 Å². The van der Waals surface area contributed by atoms with Crippen molar-refractivity contribution in [1.29, 1.82) is 0 Å². The monoisotopic (exact) mass is 634 g/mol. The van der Waals surface area contributed by atoms with E-state index >= 15 is 0 Å². The van der Waals surface area contributed by atoms with Crippen molar-refractivity contribution in [2.24, 2.45) is 0 Å². The number of hydrogen-bond donors (Lipinski definition) is 0. The number of ketones is 1. The SMILES string of the molecule is CCCCCCCCCC(=O)Oc1ccc(/C=C/C(=O)/C=C/c2ccc(OC(=O)CCCCCCCCC)c(OC)c2)cc1OC. The molecule has 2 aromatic rings. The highest BCUT2D eigenvalue weighted by Gasteiger charge is 2.12. The lowest BCUT2D eigenvalue weighted by atomic mass is 10.1. The highest BCUT2D eigenvalue weighted by Crippen LogP contribution is 2.30. The second-order valence-electron chi connectivity index (χ2n) is 11.6. The molecule has 0 aliphatic carbocycles. The molecular formula is C39H54O7. The standard InChI is InChI=1S/C39H54O7/c1-5-7-9-11-13-15-17-19-38(41)45-34-27-23-31(29-36(34)43-3)21-25-33(40)26-22-32-24-28-35(37(30-32)44-4)46-39(42)20-18-16-14-12-10-8-6-2/h21-30H,5-20H2,1-4H3/b25-21+,26-22+. The van der Waals surface area contributed by atoms with Crippen molar-refractivity contribution in [3.63, 3.8) is 0 Å². The topological polar surface area (TPSA) is 88.1 Å². The minimum atomic E-state index is -0.276. The smallest absolute Gasteiger partial charge is 0.311 e. The maximum atomic E-state index is 12.5. The number of esters is 2. The molecule has 7 heteroatoms. The molecule has 7 nitrogen and oxygen atoms in total. The molecule has 0 heterocycles. The first kappa shape index (κ1) is 38.3. The Hall–Kier alpha value is -3.87. The molecule has 0 saturated carbocycles. The summed E-state index contributed by atoms with van der Waals surface area (Å²) in [6, 6.07) is 10.3. The van der Waals surface area contributed by atoms with Gasteiger partial charge >= 0.3 is 11.9 Å². The van der Waals surface area contributed by atoms with Gasteiger partial charge in [0.1, 0.15) is 0 Å². The van der Waals surface area contributed by atoms with E-state index in [9.17, 15) is 14.4 Å². The highest BCUT2D eigenvalue weighted by atomic mass is 16.6. The van der Waals surface area contributed by atoms with E-state index in [1.54, 1.807) is 48.6 Å². The Kier molecular flexibility index (Phi) is 19.5. The van der Waals surface area contributed by atoms with Gasteiger partial charge in [-0.2, -0.15) is 0 Å². The van der Waals surface area contributed by atoms with Crippen LogP contribution in [-0.4, -0.2) is 31.9 Å². The number of carbonyl (C=O) groups is 3. The Morgan fingerprint density at radius 1 is 0.522 bits per heavy atom. The number of rotatable bonds is 24. The molecule has 0 N–H and O–H groups in total. The third-order valence-corrected chi connectivity index (χ3v) is 7.67. The summed E-state index contributed by atoms with van der Waals surface area (Å²) in [5.74, 6) is 0.804. The number of carbonyl (C=O) groups excluding carboxylic acids is 3. The Labute approximate surface area is 276 Å². The zero-order valence-corrected chi connectivity index (χ0v) is 28.4. The highest BCUT2D eigenvalue weighted by molar-refractivity contribution is 6.04. The van der Waals surface area contributed by atoms with Gasteiger partial charge in [-0.3, -0.25) is 14.4 Å². The van der Waals surface area contributed by atoms with Gasteiger partial charge in [-0.1, -0.05) is 115 Å². The fraction of sp³-hybridized carbons (Fsp3) is 0.513. The van der Waals surface area contributed by atoms with Crippen molar-refractivity contribution in [3.05, 3.63) is 59.7 Å². The second kappa shape index (κ2) is 23.5. The average Bonchev–Trinajstić information content (AvgIpc) is 3.06. The molecule has 2 rings (SSSR count). The van der Waals surface area contributed by atoms with Gasteiger partial charge in [0.05, 0.1) is 14.2 Å². The molecule has 252 valence electrons. The number of benzene rings is 2. The predicted molar refractivity (Wildman–Crippen MR) is 186 cm³/mol. The number of unbranched alkanes of at least 4 members (excludes halogenated alkanes) is 12. The van der Waals surface area contributed by atoms with Crippen LogP contribution in [0.5, 0.6) is 23.0 Å². The molecule has 0 aliphatic rings. The summed E-state index contributed by atoms with van der Waals surface area (Å²) >= 11 is 0. The summed E-state index contributed by atoms with van der Waals surface area (Å²) in [6.45, 7) is 4.40. The third-order valence-electron chi connectivity index (χ3n) is 7.67. The zero-order chi connectivity index (χ0) is 33.4. The lowest BCUT2D eigenvalue weighted by Crippen LogP contribution is -2.08. The quantitative estimate of drug-likeness (QED) is 0.0491. The van der Waals surface area contributed by atoms with Gasteiger partial charge in [-0.25, -0.2) is 0 Å². The van der Waals surface area contributed by atoms with Gasteiger partial charge in [-0.15, -0.1) is 0 Å². The Morgan fingerprint density at radius 2 is 0.891 bits per heavy atom. The van der Waals surface area contributed by atoms with Gasteiger partial charge < -0.3 is 18.9 Å². The summed E-state index contributed by atoms with van der Waals surface area (Å²) in [6.07, 6.45) is 22.9. The minimum absolute atomic E-state index is 0.215. The molecule has 0 spiro atoms. The Balaban J connectivity index is 1.85. The molecule has 0 fully saturated rings. The first-order chi connectivity index (χ1) is 22.4. The lowest BCUT2D eigenvalue weighted by Gasteiger charge is -2.10. The van der Waals surface area contributed by atoms with E-state index in [1.165, 1.54) is 77.7 Å². The Morgan fingerprint density at radius 3 is 1.26 bits per heavy atom. The maximum Gasteiger partial charge on any atom is 0.311 e. The third kappa shape index (κ3) is 15.9. The molecule has 0 bridgehead atoms. The van der Waals surface area contributed by atoms with E-state index in [0.29, 0.717) is 35.8 Å². The van der Waals surface area contributed by atoms with E-state index < -0.39 is 0 Å². The largest absolute Gasteiger partial charge is 0.493 e. The molecule has 0 amide bonds. The molecular weight excluding hydrogens is 580 g/mol. The number of allylic oxidation sites excluding steroid dienone is 2. The molecule has 46 heavy (non-hydrogen) atoms. The fourth-order valence-corrected chi connectivity index (χ4v) is 4.96. The summed E-state index contributed by atoms with van der Waals surface area (Å²) in [5.41, 5.74) is 1.46. The van der Waals surface area contributed by atoms with Crippen LogP contribution in [0, 0.1) is 0 Å². The van der Waals surface area contributed by atoms with Crippen molar-refractivity contribution < 1.29 is 33.3 Å². The number of methoxy groups -OCH3 is 2. The molecule has 0 aliphatic heterocycles. The maximum absolute atomic E-state index is 12.5. The van der Waals surface area contributed by atoms with Crippen LogP contribution in [0.1, 0.15) is 128 Å². The fourth-order valence-electron chi connectivity index (χ4n) is 4.96. The van der Waals surface area contributed by atoms with Gasteiger partial charge in [0.2, 0.25) is 0 Å².